The van der Waals surface area contributed by atoms with Crippen LogP contribution in [0.5, 0.6) is 5.75 Å². The lowest BCUT2D eigenvalue weighted by atomic mass is 10.3. The largest absolute Gasteiger partial charge is 0.494 e. The minimum absolute atomic E-state index is 0.754. The smallest absolute Gasteiger partial charge is 0.119 e. The van der Waals surface area contributed by atoms with E-state index in [0.717, 1.165) is 31.9 Å². The Morgan fingerprint density at radius 1 is 1.17 bits per heavy atom. The summed E-state index contributed by atoms with van der Waals surface area (Å²) in [7, 11) is 1.96. The van der Waals surface area contributed by atoms with E-state index in [1.54, 1.807) is 0 Å². The highest BCUT2D eigenvalue weighted by Gasteiger charge is 1.96. The molecule has 2 rings (SSSR count). The molecule has 0 spiro atoms. The van der Waals surface area contributed by atoms with Crippen molar-refractivity contribution in [3.05, 3.63) is 54.4 Å². The van der Waals surface area contributed by atoms with Crippen LogP contribution in [0.15, 0.2) is 48.8 Å². The van der Waals surface area contributed by atoms with E-state index in [2.05, 4.69) is 28.3 Å². The van der Waals surface area contributed by atoms with Crippen molar-refractivity contribution in [1.82, 2.24) is 9.88 Å². The average molecular weight is 244 g/mol. The van der Waals surface area contributed by atoms with Gasteiger partial charge in [0.25, 0.3) is 0 Å². The van der Waals surface area contributed by atoms with Crippen LogP contribution in [-0.2, 0) is 13.1 Å². The molecule has 1 aromatic heterocycles. The summed E-state index contributed by atoms with van der Waals surface area (Å²) in [6.45, 7) is 2.67. The van der Waals surface area contributed by atoms with Gasteiger partial charge in [-0.3, -0.25) is 0 Å². The molecule has 0 aliphatic heterocycles. The van der Waals surface area contributed by atoms with E-state index in [-0.39, 0.29) is 0 Å². The molecule has 1 N–H and O–H groups in total. The normalized spacial score (nSPS) is 10.5. The second-order valence-electron chi connectivity index (χ2n) is 4.30. The minimum Gasteiger partial charge on any atom is -0.494 e. The zero-order valence-corrected chi connectivity index (χ0v) is 10.8. The van der Waals surface area contributed by atoms with Gasteiger partial charge in [-0.05, 0) is 37.2 Å². The molecule has 0 fully saturated rings. The lowest BCUT2D eigenvalue weighted by molar-refractivity contribution is 0.302. The zero-order chi connectivity index (χ0) is 12.6. The maximum absolute atomic E-state index is 5.66. The number of ether oxygens (including phenoxy) is 1. The number of rotatable bonds is 7. The van der Waals surface area contributed by atoms with E-state index in [1.807, 2.05) is 37.4 Å². The Labute approximate surface area is 108 Å². The molecule has 0 radical (unpaired) electrons. The number of hydrogen-bond donors (Lipinski definition) is 1. The number of nitrogens with zero attached hydrogens (tertiary/aromatic N) is 1. The molecule has 0 atom stereocenters. The lowest BCUT2D eigenvalue weighted by Gasteiger charge is -2.06. The Hall–Kier alpha value is -1.74. The van der Waals surface area contributed by atoms with Crippen LogP contribution in [0.3, 0.4) is 0 Å². The molecule has 1 heterocycles. The van der Waals surface area contributed by atoms with Crippen LogP contribution in [0, 0.1) is 0 Å². The first-order valence-electron chi connectivity index (χ1n) is 6.35. The molecule has 0 unspecified atom stereocenters. The monoisotopic (exact) mass is 244 g/mol. The third-order valence-electron chi connectivity index (χ3n) is 2.77. The van der Waals surface area contributed by atoms with E-state index in [0.29, 0.717) is 0 Å². The Kier molecular flexibility index (Phi) is 4.85. The Morgan fingerprint density at radius 3 is 2.78 bits per heavy atom. The molecule has 3 heteroatoms. The van der Waals surface area contributed by atoms with Crippen LogP contribution >= 0.6 is 0 Å². The summed E-state index contributed by atoms with van der Waals surface area (Å²) in [5.41, 5.74) is 1.32. The molecule has 1 aromatic carbocycles. The molecule has 0 saturated heterocycles. The predicted molar refractivity (Wildman–Crippen MR) is 73.7 cm³/mol. The van der Waals surface area contributed by atoms with Gasteiger partial charge in [0.05, 0.1) is 6.61 Å². The fourth-order valence-electron chi connectivity index (χ4n) is 1.89. The molecular formula is C15H20N2O. The van der Waals surface area contributed by atoms with E-state index in [9.17, 15) is 0 Å². The van der Waals surface area contributed by atoms with Crippen LogP contribution < -0.4 is 10.1 Å². The van der Waals surface area contributed by atoms with Crippen molar-refractivity contribution in [1.29, 1.82) is 0 Å². The summed E-state index contributed by atoms with van der Waals surface area (Å²) >= 11 is 0. The van der Waals surface area contributed by atoms with Crippen LogP contribution in [0.25, 0.3) is 0 Å². The molecule has 0 saturated carbocycles. The fraction of sp³-hybridized carbons (Fsp3) is 0.333. The molecule has 18 heavy (non-hydrogen) atoms. The maximum Gasteiger partial charge on any atom is 0.119 e. The van der Waals surface area contributed by atoms with Crippen molar-refractivity contribution < 1.29 is 4.74 Å². The van der Waals surface area contributed by atoms with Gasteiger partial charge in [0.1, 0.15) is 5.75 Å². The first-order chi connectivity index (χ1) is 8.88. The maximum atomic E-state index is 5.66. The Bertz CT molecular complexity index is 451. The van der Waals surface area contributed by atoms with Crippen molar-refractivity contribution in [3.63, 3.8) is 0 Å². The van der Waals surface area contributed by atoms with Gasteiger partial charge in [0.2, 0.25) is 0 Å². The molecule has 2 aromatic rings. The van der Waals surface area contributed by atoms with Crippen molar-refractivity contribution >= 4 is 0 Å². The molecule has 0 amide bonds. The van der Waals surface area contributed by atoms with Gasteiger partial charge in [-0.1, -0.05) is 18.2 Å². The second kappa shape index (κ2) is 6.87. The molecule has 3 nitrogen and oxygen atoms in total. The van der Waals surface area contributed by atoms with Gasteiger partial charge in [-0.2, -0.15) is 0 Å². The van der Waals surface area contributed by atoms with Crippen molar-refractivity contribution in [2.24, 2.45) is 0 Å². The van der Waals surface area contributed by atoms with Crippen molar-refractivity contribution in [2.45, 2.75) is 19.5 Å². The number of aryl methyl sites for hydroxylation is 1. The third kappa shape index (κ3) is 3.93. The standard InChI is InChI=1S/C15H20N2O/c1-16-12-14-8-10-17(13-14)9-5-11-18-15-6-3-2-4-7-15/h2-4,6-8,10,13,16H,5,9,11-12H2,1H3. The lowest BCUT2D eigenvalue weighted by Crippen LogP contribution is -2.05. The number of para-hydroxylation sites is 1. The summed E-state index contributed by atoms with van der Waals surface area (Å²) in [6.07, 6.45) is 5.32. The Balaban J connectivity index is 1.68. The first kappa shape index (κ1) is 12.7. The van der Waals surface area contributed by atoms with Gasteiger partial charge in [-0.25, -0.2) is 0 Å². The zero-order valence-electron chi connectivity index (χ0n) is 10.8. The minimum atomic E-state index is 0.754. The first-order valence-corrected chi connectivity index (χ1v) is 6.35. The molecule has 96 valence electrons. The van der Waals surface area contributed by atoms with Crippen LogP contribution in [0.4, 0.5) is 0 Å². The van der Waals surface area contributed by atoms with Gasteiger partial charge in [0.15, 0.2) is 0 Å². The second-order valence-corrected chi connectivity index (χ2v) is 4.30. The van der Waals surface area contributed by atoms with Gasteiger partial charge in [-0.15, -0.1) is 0 Å². The number of aromatic nitrogens is 1. The van der Waals surface area contributed by atoms with E-state index in [1.165, 1.54) is 5.56 Å². The molecule has 0 aliphatic rings. The van der Waals surface area contributed by atoms with Crippen molar-refractivity contribution in [3.8, 4) is 5.75 Å². The average Bonchev–Trinajstić information content (AvgIpc) is 2.84. The topological polar surface area (TPSA) is 26.2 Å². The SMILES string of the molecule is CNCc1ccn(CCCOc2ccccc2)c1. The highest BCUT2D eigenvalue weighted by molar-refractivity contribution is 5.20. The molecular weight excluding hydrogens is 224 g/mol. The molecule has 0 bridgehead atoms. The number of benzene rings is 1. The quantitative estimate of drug-likeness (QED) is 0.758. The summed E-state index contributed by atoms with van der Waals surface area (Å²) in [6, 6.07) is 12.1. The summed E-state index contributed by atoms with van der Waals surface area (Å²) in [4.78, 5) is 0. The summed E-state index contributed by atoms with van der Waals surface area (Å²) < 4.78 is 7.87. The van der Waals surface area contributed by atoms with Crippen LogP contribution in [0.2, 0.25) is 0 Å². The van der Waals surface area contributed by atoms with Gasteiger partial charge >= 0.3 is 0 Å². The van der Waals surface area contributed by atoms with Crippen molar-refractivity contribution in [2.75, 3.05) is 13.7 Å². The highest BCUT2D eigenvalue weighted by atomic mass is 16.5. The van der Waals surface area contributed by atoms with Gasteiger partial charge < -0.3 is 14.6 Å². The van der Waals surface area contributed by atoms with Gasteiger partial charge in [0, 0.05) is 25.5 Å². The number of hydrogen-bond acceptors (Lipinski definition) is 2. The summed E-state index contributed by atoms with van der Waals surface area (Å²) in [5.74, 6) is 0.945. The fourth-order valence-corrected chi connectivity index (χ4v) is 1.89. The van der Waals surface area contributed by atoms with E-state index < -0.39 is 0 Å². The van der Waals surface area contributed by atoms with E-state index >= 15 is 0 Å². The number of nitrogens with one attached hydrogen (secondary N) is 1. The highest BCUT2D eigenvalue weighted by Crippen LogP contribution is 2.09. The Morgan fingerprint density at radius 2 is 2.00 bits per heavy atom. The third-order valence-corrected chi connectivity index (χ3v) is 2.77. The summed E-state index contributed by atoms with van der Waals surface area (Å²) in [5, 5.41) is 3.15. The van der Waals surface area contributed by atoms with E-state index in [4.69, 9.17) is 4.74 Å². The molecule has 0 aliphatic carbocycles. The predicted octanol–water partition coefficient (Wildman–Crippen LogP) is 2.68. The van der Waals surface area contributed by atoms with Crippen LogP contribution in [-0.4, -0.2) is 18.2 Å². The van der Waals surface area contributed by atoms with Crippen LogP contribution in [0.1, 0.15) is 12.0 Å².